The zero-order chi connectivity index (χ0) is 10.4. The molecular weight excluding hydrogens is 178 g/mol. The number of nitrogens with one attached hydrogen (secondary N) is 1. The highest BCUT2D eigenvalue weighted by atomic mass is 16.5. The normalized spacial score (nSPS) is 22.9. The van der Waals surface area contributed by atoms with Crippen molar-refractivity contribution in [1.82, 2.24) is 5.32 Å². The largest absolute Gasteiger partial charge is 0.379 e. The molecule has 0 radical (unpaired) electrons. The molecular formula is C11H23NO2. The Balaban J connectivity index is 1.89. The molecule has 1 aliphatic heterocycles. The molecule has 1 atom stereocenters. The summed E-state index contributed by atoms with van der Waals surface area (Å²) in [7, 11) is 0. The van der Waals surface area contributed by atoms with Crippen LogP contribution < -0.4 is 5.32 Å². The Bertz CT molecular complexity index is 148. The van der Waals surface area contributed by atoms with Crippen LogP contribution in [0.4, 0.5) is 0 Å². The van der Waals surface area contributed by atoms with Crippen LogP contribution in [0.5, 0.6) is 0 Å². The SMILES string of the molecule is CC(C)(C)NCCCOC1CCOC1. The Morgan fingerprint density at radius 3 is 2.79 bits per heavy atom. The van der Waals surface area contributed by atoms with Crippen LogP contribution in [0.3, 0.4) is 0 Å². The van der Waals surface area contributed by atoms with E-state index in [1.165, 1.54) is 0 Å². The Morgan fingerprint density at radius 1 is 1.43 bits per heavy atom. The minimum absolute atomic E-state index is 0.219. The molecule has 0 aromatic heterocycles. The molecule has 1 unspecified atom stereocenters. The highest BCUT2D eigenvalue weighted by molar-refractivity contribution is 4.69. The fourth-order valence-electron chi connectivity index (χ4n) is 1.43. The topological polar surface area (TPSA) is 30.5 Å². The average Bonchev–Trinajstić information content (AvgIpc) is 2.54. The van der Waals surface area contributed by atoms with Crippen LogP contribution in [0.15, 0.2) is 0 Å². The van der Waals surface area contributed by atoms with Crippen molar-refractivity contribution in [3.8, 4) is 0 Å². The average molecular weight is 201 g/mol. The van der Waals surface area contributed by atoms with E-state index >= 15 is 0 Å². The van der Waals surface area contributed by atoms with Gasteiger partial charge in [0.1, 0.15) is 0 Å². The molecule has 0 aromatic carbocycles. The van der Waals surface area contributed by atoms with Crippen LogP contribution in [0.2, 0.25) is 0 Å². The van der Waals surface area contributed by atoms with Gasteiger partial charge in [0.25, 0.3) is 0 Å². The Kier molecular flexibility index (Phi) is 4.85. The van der Waals surface area contributed by atoms with Crippen molar-refractivity contribution in [3.05, 3.63) is 0 Å². The van der Waals surface area contributed by atoms with Crippen LogP contribution in [0.25, 0.3) is 0 Å². The predicted octanol–water partition coefficient (Wildman–Crippen LogP) is 1.57. The van der Waals surface area contributed by atoms with Gasteiger partial charge in [-0.1, -0.05) is 0 Å². The van der Waals surface area contributed by atoms with E-state index < -0.39 is 0 Å². The summed E-state index contributed by atoms with van der Waals surface area (Å²) < 4.78 is 10.9. The summed E-state index contributed by atoms with van der Waals surface area (Å²) in [5, 5.41) is 3.44. The molecule has 1 saturated heterocycles. The smallest absolute Gasteiger partial charge is 0.0830 e. The molecule has 14 heavy (non-hydrogen) atoms. The van der Waals surface area contributed by atoms with Gasteiger partial charge in [-0.15, -0.1) is 0 Å². The summed E-state index contributed by atoms with van der Waals surface area (Å²) in [5.74, 6) is 0. The zero-order valence-corrected chi connectivity index (χ0v) is 9.64. The first kappa shape index (κ1) is 12.0. The fourth-order valence-corrected chi connectivity index (χ4v) is 1.43. The third-order valence-electron chi connectivity index (χ3n) is 2.22. The molecule has 0 bridgehead atoms. The van der Waals surface area contributed by atoms with Gasteiger partial charge in [-0.3, -0.25) is 0 Å². The Hall–Kier alpha value is -0.120. The minimum atomic E-state index is 0.219. The van der Waals surface area contributed by atoms with Gasteiger partial charge in [-0.05, 0) is 40.2 Å². The third-order valence-corrected chi connectivity index (χ3v) is 2.22. The fraction of sp³-hybridized carbons (Fsp3) is 1.00. The van der Waals surface area contributed by atoms with E-state index in [1.807, 2.05) is 0 Å². The molecule has 1 aliphatic rings. The lowest BCUT2D eigenvalue weighted by atomic mass is 10.1. The first-order valence-corrected chi connectivity index (χ1v) is 5.52. The zero-order valence-electron chi connectivity index (χ0n) is 9.64. The van der Waals surface area contributed by atoms with Crippen LogP contribution in [0.1, 0.15) is 33.6 Å². The van der Waals surface area contributed by atoms with Crippen molar-refractivity contribution in [3.63, 3.8) is 0 Å². The Labute approximate surface area is 87.2 Å². The maximum atomic E-state index is 5.65. The minimum Gasteiger partial charge on any atom is -0.379 e. The lowest BCUT2D eigenvalue weighted by Crippen LogP contribution is -2.36. The second kappa shape index (κ2) is 5.69. The molecule has 3 heteroatoms. The number of hydrogen-bond acceptors (Lipinski definition) is 3. The molecule has 0 aromatic rings. The summed E-state index contributed by atoms with van der Waals surface area (Å²) in [4.78, 5) is 0. The third kappa shape index (κ3) is 5.58. The molecule has 0 aliphatic carbocycles. The monoisotopic (exact) mass is 201 g/mol. The molecule has 0 saturated carbocycles. The van der Waals surface area contributed by atoms with E-state index in [-0.39, 0.29) is 5.54 Å². The summed E-state index contributed by atoms with van der Waals surface area (Å²) in [6.07, 6.45) is 2.49. The van der Waals surface area contributed by atoms with E-state index in [2.05, 4.69) is 26.1 Å². The van der Waals surface area contributed by atoms with E-state index in [1.54, 1.807) is 0 Å². The maximum Gasteiger partial charge on any atom is 0.0830 e. The summed E-state index contributed by atoms with van der Waals surface area (Å²) in [5.41, 5.74) is 0.219. The molecule has 0 spiro atoms. The van der Waals surface area contributed by atoms with Crippen molar-refractivity contribution in [2.75, 3.05) is 26.4 Å². The second-order valence-corrected chi connectivity index (χ2v) is 4.89. The number of hydrogen-bond donors (Lipinski definition) is 1. The predicted molar refractivity (Wildman–Crippen MR) is 57.5 cm³/mol. The number of rotatable bonds is 5. The van der Waals surface area contributed by atoms with Gasteiger partial charge in [-0.2, -0.15) is 0 Å². The lowest BCUT2D eigenvalue weighted by molar-refractivity contribution is 0.0411. The first-order chi connectivity index (χ1) is 6.58. The lowest BCUT2D eigenvalue weighted by Gasteiger charge is -2.20. The van der Waals surface area contributed by atoms with E-state index in [4.69, 9.17) is 9.47 Å². The number of ether oxygens (including phenoxy) is 2. The standard InChI is InChI=1S/C11H23NO2/c1-11(2,3)12-6-4-7-14-10-5-8-13-9-10/h10,12H,4-9H2,1-3H3. The molecule has 1 heterocycles. The summed E-state index contributed by atoms with van der Waals surface area (Å²) in [6, 6.07) is 0. The van der Waals surface area contributed by atoms with E-state index in [0.29, 0.717) is 6.10 Å². The molecule has 1 rings (SSSR count). The van der Waals surface area contributed by atoms with Gasteiger partial charge in [0.15, 0.2) is 0 Å². The van der Waals surface area contributed by atoms with Gasteiger partial charge in [0.2, 0.25) is 0 Å². The molecule has 0 amide bonds. The van der Waals surface area contributed by atoms with Crippen molar-refractivity contribution in [2.45, 2.75) is 45.3 Å². The first-order valence-electron chi connectivity index (χ1n) is 5.52. The van der Waals surface area contributed by atoms with Crippen LogP contribution in [-0.4, -0.2) is 38.0 Å². The van der Waals surface area contributed by atoms with Gasteiger partial charge >= 0.3 is 0 Å². The van der Waals surface area contributed by atoms with Gasteiger partial charge < -0.3 is 14.8 Å². The Morgan fingerprint density at radius 2 is 2.21 bits per heavy atom. The molecule has 1 fully saturated rings. The van der Waals surface area contributed by atoms with Gasteiger partial charge in [0, 0.05) is 18.8 Å². The van der Waals surface area contributed by atoms with E-state index in [9.17, 15) is 0 Å². The van der Waals surface area contributed by atoms with Crippen molar-refractivity contribution in [1.29, 1.82) is 0 Å². The van der Waals surface area contributed by atoms with Crippen molar-refractivity contribution >= 4 is 0 Å². The van der Waals surface area contributed by atoms with Crippen molar-refractivity contribution in [2.24, 2.45) is 0 Å². The summed E-state index contributed by atoms with van der Waals surface area (Å²) >= 11 is 0. The highest BCUT2D eigenvalue weighted by Gasteiger charge is 2.15. The van der Waals surface area contributed by atoms with Crippen LogP contribution >= 0.6 is 0 Å². The molecule has 1 N–H and O–H groups in total. The maximum absolute atomic E-state index is 5.65. The van der Waals surface area contributed by atoms with Crippen LogP contribution in [0, 0.1) is 0 Å². The quantitative estimate of drug-likeness (QED) is 0.685. The molecule has 84 valence electrons. The van der Waals surface area contributed by atoms with Crippen molar-refractivity contribution < 1.29 is 9.47 Å². The van der Waals surface area contributed by atoms with E-state index in [0.717, 1.165) is 39.2 Å². The van der Waals surface area contributed by atoms with Crippen LogP contribution in [-0.2, 0) is 9.47 Å². The van der Waals surface area contributed by atoms with Gasteiger partial charge in [-0.25, -0.2) is 0 Å². The highest BCUT2D eigenvalue weighted by Crippen LogP contribution is 2.08. The molecule has 3 nitrogen and oxygen atoms in total. The second-order valence-electron chi connectivity index (χ2n) is 4.89. The summed E-state index contributed by atoms with van der Waals surface area (Å²) in [6.45, 7) is 10.1. The van der Waals surface area contributed by atoms with Gasteiger partial charge in [0.05, 0.1) is 12.7 Å².